The Morgan fingerprint density at radius 3 is 2.81 bits per heavy atom. The van der Waals surface area contributed by atoms with Crippen molar-refractivity contribution in [3.8, 4) is 0 Å². The molecule has 178 valence electrons. The molecule has 5 heteroatoms. The monoisotopic (exact) mass is 460 g/mol. The zero-order chi connectivity index (χ0) is 22.8. The van der Waals surface area contributed by atoms with E-state index in [1.165, 1.54) is 6.42 Å². The first kappa shape index (κ1) is 25.3. The lowest BCUT2D eigenvalue weighted by Crippen LogP contribution is -2.18. The maximum absolute atomic E-state index is 12.0. The van der Waals surface area contributed by atoms with E-state index in [9.17, 15) is 15.0 Å². The van der Waals surface area contributed by atoms with E-state index in [0.717, 1.165) is 56.3 Å². The Labute approximate surface area is 197 Å². The minimum Gasteiger partial charge on any atom is -0.460 e. The second kappa shape index (κ2) is 13.4. The number of aliphatic hydroxyl groups is 2. The van der Waals surface area contributed by atoms with Crippen LogP contribution in [0, 0.1) is 23.7 Å². The van der Waals surface area contributed by atoms with E-state index >= 15 is 0 Å². The molecule has 0 heterocycles. The van der Waals surface area contributed by atoms with Crippen molar-refractivity contribution < 1.29 is 19.7 Å². The average molecular weight is 461 g/mol. The van der Waals surface area contributed by atoms with Crippen LogP contribution < -0.4 is 0 Å². The first-order valence-corrected chi connectivity index (χ1v) is 13.5. The highest BCUT2D eigenvalue weighted by Crippen LogP contribution is 2.51. The van der Waals surface area contributed by atoms with E-state index in [-0.39, 0.29) is 24.1 Å². The molecule has 0 radical (unpaired) electrons. The molecule has 32 heavy (non-hydrogen) atoms. The van der Waals surface area contributed by atoms with E-state index in [1.54, 1.807) is 11.8 Å². The quantitative estimate of drug-likeness (QED) is 0.235. The number of carbonyl (C=O) groups excluding carboxylic acids is 1. The fourth-order valence-electron chi connectivity index (χ4n) is 5.42. The molecule has 3 rings (SSSR count). The van der Waals surface area contributed by atoms with Crippen molar-refractivity contribution in [3.63, 3.8) is 0 Å². The van der Waals surface area contributed by atoms with Crippen LogP contribution >= 0.6 is 11.8 Å². The Bertz CT molecular complexity index is 707. The lowest BCUT2D eigenvalue weighted by Gasteiger charge is -2.19. The summed E-state index contributed by atoms with van der Waals surface area (Å²) in [5, 5.41) is 20.7. The van der Waals surface area contributed by atoms with Gasteiger partial charge in [-0.25, -0.2) is 0 Å². The second-order valence-corrected chi connectivity index (χ2v) is 10.7. The van der Waals surface area contributed by atoms with Gasteiger partial charge in [-0.1, -0.05) is 68.7 Å². The summed E-state index contributed by atoms with van der Waals surface area (Å²) >= 11 is 1.67. The van der Waals surface area contributed by atoms with E-state index < -0.39 is 0 Å². The van der Waals surface area contributed by atoms with Gasteiger partial charge in [0.15, 0.2) is 0 Å². The van der Waals surface area contributed by atoms with Gasteiger partial charge in [0.1, 0.15) is 6.61 Å². The lowest BCUT2D eigenvalue weighted by molar-refractivity contribution is -0.141. The van der Waals surface area contributed by atoms with Crippen LogP contribution in [0.1, 0.15) is 63.9 Å². The molecule has 2 N–H and O–H groups in total. The van der Waals surface area contributed by atoms with Gasteiger partial charge >= 0.3 is 5.97 Å². The van der Waals surface area contributed by atoms with Crippen LogP contribution in [-0.2, 0) is 16.1 Å². The SMILES string of the molecule is CCCCCC(O)C=C[C@@H]1[C@@H]2CC(CCSCC(=O)OCc3ccccc3)C[C@H]2C[C@H]1O. The van der Waals surface area contributed by atoms with Crippen molar-refractivity contribution in [1.29, 1.82) is 0 Å². The molecule has 0 saturated heterocycles. The molecule has 6 atom stereocenters. The van der Waals surface area contributed by atoms with Crippen molar-refractivity contribution in [1.82, 2.24) is 0 Å². The number of aliphatic hydroxyl groups excluding tert-OH is 2. The molecule has 2 aliphatic carbocycles. The van der Waals surface area contributed by atoms with Crippen LogP contribution in [0.2, 0.25) is 0 Å². The highest BCUT2D eigenvalue weighted by Gasteiger charge is 2.46. The van der Waals surface area contributed by atoms with Crippen molar-refractivity contribution in [2.75, 3.05) is 11.5 Å². The van der Waals surface area contributed by atoms with Gasteiger partial charge in [0.25, 0.3) is 0 Å². The molecule has 0 spiro atoms. The number of benzene rings is 1. The first-order chi connectivity index (χ1) is 15.6. The average Bonchev–Trinajstić information content (AvgIpc) is 3.31. The van der Waals surface area contributed by atoms with Gasteiger partial charge in [-0.2, -0.15) is 11.8 Å². The van der Waals surface area contributed by atoms with Crippen LogP contribution in [0.5, 0.6) is 0 Å². The first-order valence-electron chi connectivity index (χ1n) is 12.4. The van der Waals surface area contributed by atoms with Gasteiger partial charge in [0, 0.05) is 5.92 Å². The summed E-state index contributed by atoms with van der Waals surface area (Å²) in [5.41, 5.74) is 1.02. The zero-order valence-electron chi connectivity index (χ0n) is 19.4. The molecule has 1 aromatic carbocycles. The van der Waals surface area contributed by atoms with Crippen LogP contribution in [0.25, 0.3) is 0 Å². The second-order valence-electron chi connectivity index (χ2n) is 9.58. The fraction of sp³-hybridized carbons (Fsp3) is 0.667. The number of rotatable bonds is 13. The summed E-state index contributed by atoms with van der Waals surface area (Å²) in [7, 11) is 0. The Kier molecular flexibility index (Phi) is 10.6. The minimum absolute atomic E-state index is 0.145. The van der Waals surface area contributed by atoms with Crippen molar-refractivity contribution >= 4 is 17.7 Å². The predicted octanol–water partition coefficient (Wildman–Crippen LogP) is 5.37. The number of carbonyl (C=O) groups is 1. The number of unbranched alkanes of at least 4 members (excludes halogenated alkanes) is 2. The Balaban J connectivity index is 1.32. The highest BCUT2D eigenvalue weighted by atomic mass is 32.2. The summed E-state index contributed by atoms with van der Waals surface area (Å²) in [4.78, 5) is 12.0. The molecule has 0 aliphatic heterocycles. The number of thioether (sulfide) groups is 1. The third-order valence-corrected chi connectivity index (χ3v) is 8.09. The molecule has 0 amide bonds. The largest absolute Gasteiger partial charge is 0.460 e. The molecule has 2 fully saturated rings. The van der Waals surface area contributed by atoms with Gasteiger partial charge in [0.2, 0.25) is 0 Å². The third kappa shape index (κ3) is 7.93. The zero-order valence-corrected chi connectivity index (χ0v) is 20.2. The molecular formula is C27H40O4S. The van der Waals surface area contributed by atoms with Gasteiger partial charge in [-0.15, -0.1) is 0 Å². The summed E-state index contributed by atoms with van der Waals surface area (Å²) in [6.45, 7) is 2.51. The smallest absolute Gasteiger partial charge is 0.316 e. The van der Waals surface area contributed by atoms with Gasteiger partial charge in [0.05, 0.1) is 18.0 Å². The van der Waals surface area contributed by atoms with E-state index in [1.807, 2.05) is 36.4 Å². The summed E-state index contributed by atoms with van der Waals surface area (Å²) in [5.74, 6) is 3.24. The molecule has 2 aliphatic rings. The van der Waals surface area contributed by atoms with Gasteiger partial charge in [-0.05, 0) is 61.2 Å². The Morgan fingerprint density at radius 2 is 2.03 bits per heavy atom. The number of hydrogen-bond acceptors (Lipinski definition) is 5. The molecule has 2 unspecified atom stereocenters. The van der Waals surface area contributed by atoms with Crippen LogP contribution in [0.15, 0.2) is 42.5 Å². The third-order valence-electron chi connectivity index (χ3n) is 7.12. The molecule has 2 saturated carbocycles. The van der Waals surface area contributed by atoms with Crippen molar-refractivity contribution in [3.05, 3.63) is 48.0 Å². The van der Waals surface area contributed by atoms with Crippen LogP contribution in [0.3, 0.4) is 0 Å². The molecule has 4 nitrogen and oxygen atoms in total. The molecule has 0 aromatic heterocycles. The summed E-state index contributed by atoms with van der Waals surface area (Å²) < 4.78 is 5.35. The number of fused-ring (bicyclic) bond motifs is 1. The maximum Gasteiger partial charge on any atom is 0.316 e. The van der Waals surface area contributed by atoms with Gasteiger partial charge < -0.3 is 14.9 Å². The topological polar surface area (TPSA) is 66.8 Å². The predicted molar refractivity (Wildman–Crippen MR) is 131 cm³/mol. The van der Waals surface area contributed by atoms with Crippen LogP contribution in [-0.4, -0.2) is 39.9 Å². The maximum atomic E-state index is 12.0. The molecule has 0 bridgehead atoms. The minimum atomic E-state index is -0.386. The van der Waals surface area contributed by atoms with Crippen LogP contribution in [0.4, 0.5) is 0 Å². The van der Waals surface area contributed by atoms with E-state index in [4.69, 9.17) is 4.74 Å². The van der Waals surface area contributed by atoms with Gasteiger partial charge in [-0.3, -0.25) is 4.79 Å². The fourth-order valence-corrected chi connectivity index (χ4v) is 6.31. The number of ether oxygens (including phenoxy) is 1. The summed E-state index contributed by atoms with van der Waals surface area (Å²) in [6.07, 6.45) is 11.9. The van der Waals surface area contributed by atoms with E-state index in [0.29, 0.717) is 30.1 Å². The number of hydrogen-bond donors (Lipinski definition) is 2. The van der Waals surface area contributed by atoms with Crippen molar-refractivity contribution in [2.24, 2.45) is 23.7 Å². The van der Waals surface area contributed by atoms with E-state index in [2.05, 4.69) is 13.0 Å². The Hall–Kier alpha value is -1.30. The Morgan fingerprint density at radius 1 is 1.22 bits per heavy atom. The summed E-state index contributed by atoms with van der Waals surface area (Å²) in [6, 6.07) is 9.78. The molecular weight excluding hydrogens is 420 g/mol. The molecule has 1 aromatic rings. The standard InChI is InChI=1S/C27H40O4S/c1-2-3-5-10-23(28)11-12-24-25-16-21(15-22(25)17-26(24)29)13-14-32-19-27(30)31-18-20-8-6-4-7-9-20/h4,6-9,11-12,21-26,28-29H,2-3,5,10,13-19H2,1H3/t21?,22-,23?,24+,25+,26+/m0/s1. The normalized spacial score (nSPS) is 28.2. The highest BCUT2D eigenvalue weighted by molar-refractivity contribution is 7.99. The lowest BCUT2D eigenvalue weighted by atomic mass is 9.89. The van der Waals surface area contributed by atoms with Crippen molar-refractivity contribution in [2.45, 2.75) is 77.1 Å². The number of esters is 1.